The Labute approximate surface area is 152 Å². The van der Waals surface area contributed by atoms with Crippen LogP contribution in [-0.2, 0) is 10.2 Å². The zero-order chi connectivity index (χ0) is 19.2. The van der Waals surface area contributed by atoms with E-state index in [1.807, 2.05) is 25.1 Å². The summed E-state index contributed by atoms with van der Waals surface area (Å²) in [4.78, 5) is 13.6. The minimum atomic E-state index is -4.27. The molecule has 4 nitrogen and oxygen atoms in total. The maximum Gasteiger partial charge on any atom is 0.390 e. The molecule has 1 aromatic rings. The Morgan fingerprint density at radius 1 is 1.27 bits per heavy atom. The van der Waals surface area contributed by atoms with Gasteiger partial charge in [0, 0.05) is 38.3 Å². The van der Waals surface area contributed by atoms with Crippen LogP contribution >= 0.6 is 0 Å². The summed E-state index contributed by atoms with van der Waals surface area (Å²) in [6.07, 6.45) is -3.72. The molecule has 2 rings (SSSR count). The first-order chi connectivity index (χ1) is 12.3. The zero-order valence-corrected chi connectivity index (χ0v) is 15.4. The fraction of sp³-hybridized carbons (Fsp3) is 0.632. The van der Waals surface area contributed by atoms with Gasteiger partial charge in [0.2, 0.25) is 0 Å². The Bertz CT molecular complexity index is 599. The summed E-state index contributed by atoms with van der Waals surface area (Å²) in [7, 11) is 0. The lowest BCUT2D eigenvalue weighted by molar-refractivity contribution is -0.136. The Kier molecular flexibility index (Phi) is 6.92. The van der Waals surface area contributed by atoms with Gasteiger partial charge in [-0.1, -0.05) is 24.3 Å². The molecule has 1 N–H and O–H groups in total. The van der Waals surface area contributed by atoms with Gasteiger partial charge in [0.25, 0.3) is 0 Å². The van der Waals surface area contributed by atoms with Crippen LogP contribution in [0.15, 0.2) is 24.3 Å². The van der Waals surface area contributed by atoms with Crippen molar-refractivity contribution in [2.45, 2.75) is 44.7 Å². The van der Waals surface area contributed by atoms with Gasteiger partial charge in [-0.05, 0) is 37.8 Å². The number of halogens is 3. The van der Waals surface area contributed by atoms with E-state index in [2.05, 4.69) is 11.4 Å². The molecule has 26 heavy (non-hydrogen) atoms. The monoisotopic (exact) mass is 372 g/mol. The lowest BCUT2D eigenvalue weighted by Gasteiger charge is -2.39. The third-order valence-electron chi connectivity index (χ3n) is 5.08. The molecule has 1 heterocycles. The molecule has 0 aliphatic carbocycles. The number of alkyl halides is 3. The first kappa shape index (κ1) is 20.6. The molecule has 1 aliphatic rings. The fourth-order valence-corrected chi connectivity index (χ4v) is 3.49. The predicted molar refractivity (Wildman–Crippen MR) is 94.2 cm³/mol. The van der Waals surface area contributed by atoms with Gasteiger partial charge in [0.1, 0.15) is 0 Å². The van der Waals surface area contributed by atoms with Crippen LogP contribution in [0.4, 0.5) is 18.0 Å². The fourth-order valence-electron chi connectivity index (χ4n) is 3.49. The first-order valence-corrected chi connectivity index (χ1v) is 9.01. The number of ether oxygens (including phenoxy) is 1. The van der Waals surface area contributed by atoms with E-state index in [0.29, 0.717) is 19.8 Å². The molecule has 1 fully saturated rings. The minimum absolute atomic E-state index is 0.238. The molecule has 0 saturated carbocycles. The summed E-state index contributed by atoms with van der Waals surface area (Å²) in [6.45, 7) is 5.24. The number of aryl methyl sites for hydroxylation is 1. The van der Waals surface area contributed by atoms with Gasteiger partial charge in [0.15, 0.2) is 0 Å². The number of rotatable bonds is 6. The van der Waals surface area contributed by atoms with Gasteiger partial charge in [-0.3, -0.25) is 0 Å². The van der Waals surface area contributed by atoms with Crippen molar-refractivity contribution >= 4 is 6.03 Å². The first-order valence-electron chi connectivity index (χ1n) is 9.01. The lowest BCUT2D eigenvalue weighted by Crippen LogP contribution is -2.49. The highest BCUT2D eigenvalue weighted by Crippen LogP contribution is 2.36. The average molecular weight is 372 g/mol. The van der Waals surface area contributed by atoms with E-state index < -0.39 is 18.6 Å². The number of amides is 2. The van der Waals surface area contributed by atoms with E-state index in [-0.39, 0.29) is 18.5 Å². The molecule has 0 unspecified atom stereocenters. The summed E-state index contributed by atoms with van der Waals surface area (Å²) < 4.78 is 42.8. The van der Waals surface area contributed by atoms with Gasteiger partial charge in [-0.2, -0.15) is 13.2 Å². The molecule has 1 saturated heterocycles. The maximum absolute atomic E-state index is 12.4. The number of hydrogen-bond donors (Lipinski definition) is 1. The number of hydrogen-bond acceptors (Lipinski definition) is 2. The van der Waals surface area contributed by atoms with Gasteiger partial charge in [-0.15, -0.1) is 0 Å². The minimum Gasteiger partial charge on any atom is -0.381 e. The summed E-state index contributed by atoms with van der Waals surface area (Å²) >= 11 is 0. The van der Waals surface area contributed by atoms with E-state index in [1.165, 1.54) is 10.5 Å². The predicted octanol–water partition coefficient (Wildman–Crippen LogP) is 4.03. The number of carbonyl (C=O) groups excluding carboxylic acids is 1. The van der Waals surface area contributed by atoms with Crippen molar-refractivity contribution in [2.75, 3.05) is 32.8 Å². The van der Waals surface area contributed by atoms with Gasteiger partial charge in [0.05, 0.1) is 6.42 Å². The largest absolute Gasteiger partial charge is 0.390 e. The second-order valence-corrected chi connectivity index (χ2v) is 6.81. The van der Waals surface area contributed by atoms with E-state index in [0.717, 1.165) is 18.4 Å². The number of urea groups is 1. The zero-order valence-electron chi connectivity index (χ0n) is 15.4. The molecule has 7 heteroatoms. The number of carbonyl (C=O) groups is 1. The molecule has 2 amide bonds. The molecule has 146 valence electrons. The van der Waals surface area contributed by atoms with Crippen LogP contribution in [0.2, 0.25) is 0 Å². The van der Waals surface area contributed by atoms with Crippen molar-refractivity contribution < 1.29 is 22.7 Å². The Balaban J connectivity index is 2.07. The number of nitrogens with one attached hydrogen (secondary N) is 1. The molecular formula is C19H27F3N2O2. The van der Waals surface area contributed by atoms with Gasteiger partial charge < -0.3 is 15.0 Å². The van der Waals surface area contributed by atoms with Gasteiger partial charge in [-0.25, -0.2) is 4.79 Å². The molecule has 0 spiro atoms. The average Bonchev–Trinajstić information content (AvgIpc) is 2.60. The van der Waals surface area contributed by atoms with Crippen molar-refractivity contribution in [3.8, 4) is 0 Å². The second-order valence-electron chi connectivity index (χ2n) is 6.81. The van der Waals surface area contributed by atoms with Crippen LogP contribution < -0.4 is 5.32 Å². The molecule has 0 bridgehead atoms. The molecule has 0 atom stereocenters. The Hall–Kier alpha value is -1.76. The highest BCUT2D eigenvalue weighted by Gasteiger charge is 2.36. The summed E-state index contributed by atoms with van der Waals surface area (Å²) in [5, 5.41) is 2.87. The summed E-state index contributed by atoms with van der Waals surface area (Å²) in [5.41, 5.74) is 2.07. The van der Waals surface area contributed by atoms with E-state index in [4.69, 9.17) is 4.74 Å². The van der Waals surface area contributed by atoms with Crippen molar-refractivity contribution in [1.82, 2.24) is 10.2 Å². The van der Waals surface area contributed by atoms with Crippen LogP contribution in [0, 0.1) is 6.92 Å². The number of nitrogens with zero attached hydrogens (tertiary/aromatic N) is 1. The van der Waals surface area contributed by atoms with Crippen LogP contribution in [-0.4, -0.2) is 50.0 Å². The van der Waals surface area contributed by atoms with Crippen LogP contribution in [0.5, 0.6) is 0 Å². The van der Waals surface area contributed by atoms with Crippen LogP contribution in [0.1, 0.15) is 37.3 Å². The molecule has 0 aromatic heterocycles. The van der Waals surface area contributed by atoms with Crippen molar-refractivity contribution in [3.05, 3.63) is 35.4 Å². The van der Waals surface area contributed by atoms with Crippen molar-refractivity contribution in [2.24, 2.45) is 0 Å². The standard InChI is InChI=1S/C19H27F3N2O2/c1-3-24(11-8-19(20,21)22)17(25)23-14-18(9-12-26-13-10-18)16-7-5-4-6-15(16)2/h4-7H,3,8-14H2,1-2H3,(H,23,25). The highest BCUT2D eigenvalue weighted by atomic mass is 19.4. The van der Waals surface area contributed by atoms with Gasteiger partial charge >= 0.3 is 12.2 Å². The Morgan fingerprint density at radius 3 is 2.50 bits per heavy atom. The smallest absolute Gasteiger partial charge is 0.381 e. The lowest BCUT2D eigenvalue weighted by atomic mass is 9.72. The van der Waals surface area contributed by atoms with E-state index >= 15 is 0 Å². The van der Waals surface area contributed by atoms with E-state index in [9.17, 15) is 18.0 Å². The van der Waals surface area contributed by atoms with Crippen molar-refractivity contribution in [3.63, 3.8) is 0 Å². The third kappa shape index (κ3) is 5.37. The molecule has 1 aromatic carbocycles. The Morgan fingerprint density at radius 2 is 1.92 bits per heavy atom. The number of benzene rings is 1. The quantitative estimate of drug-likeness (QED) is 0.819. The SMILES string of the molecule is CCN(CCC(F)(F)F)C(=O)NCC1(c2ccccc2C)CCOCC1. The van der Waals surface area contributed by atoms with Crippen LogP contribution in [0.3, 0.4) is 0 Å². The second kappa shape index (κ2) is 8.75. The molecular weight excluding hydrogens is 345 g/mol. The molecule has 0 radical (unpaired) electrons. The normalized spacial score (nSPS) is 17.0. The van der Waals surface area contributed by atoms with Crippen LogP contribution in [0.25, 0.3) is 0 Å². The van der Waals surface area contributed by atoms with E-state index in [1.54, 1.807) is 6.92 Å². The third-order valence-corrected chi connectivity index (χ3v) is 5.08. The maximum atomic E-state index is 12.4. The highest BCUT2D eigenvalue weighted by molar-refractivity contribution is 5.74. The topological polar surface area (TPSA) is 41.6 Å². The summed E-state index contributed by atoms with van der Waals surface area (Å²) in [5.74, 6) is 0. The molecule has 1 aliphatic heterocycles. The van der Waals surface area contributed by atoms with Crippen molar-refractivity contribution in [1.29, 1.82) is 0 Å². The summed E-state index contributed by atoms with van der Waals surface area (Å²) in [6, 6.07) is 7.60.